The fraction of sp³-hybridized carbons (Fsp3) is 0.182. The molecule has 0 saturated carbocycles. The van der Waals surface area contributed by atoms with Crippen LogP contribution in [-0.4, -0.2) is 25.1 Å². The fourth-order valence-corrected chi connectivity index (χ4v) is 3.27. The minimum atomic E-state index is -0.176. The average molecular weight is 492 g/mol. The molecule has 0 atom stereocenters. The van der Waals surface area contributed by atoms with E-state index >= 15 is 0 Å². The number of nitrogens with zero attached hydrogens (tertiary/aromatic N) is 2. The third-order valence-corrected chi connectivity index (χ3v) is 5.01. The van der Waals surface area contributed by atoms with E-state index in [4.69, 9.17) is 25.8 Å². The van der Waals surface area contributed by atoms with E-state index in [2.05, 4.69) is 20.9 Å². The van der Waals surface area contributed by atoms with E-state index < -0.39 is 0 Å². The van der Waals surface area contributed by atoms with Gasteiger partial charge in [0.25, 0.3) is 0 Å². The molecule has 0 radical (unpaired) electrons. The second-order valence-corrected chi connectivity index (χ2v) is 7.55. The highest BCUT2D eigenvalue weighted by atomic mass is 79.9. The number of anilines is 1. The van der Waals surface area contributed by atoms with Crippen molar-refractivity contribution < 1.29 is 19.0 Å². The Bertz CT molecular complexity index is 1040. The molecule has 0 saturated heterocycles. The Morgan fingerprint density at radius 2 is 1.73 bits per heavy atom. The van der Waals surface area contributed by atoms with Gasteiger partial charge in [0.05, 0.1) is 20.8 Å². The first-order valence-corrected chi connectivity index (χ1v) is 10.2. The smallest absolute Gasteiger partial charge is 0.244 e. The van der Waals surface area contributed by atoms with Crippen molar-refractivity contribution in [3.05, 3.63) is 69.8 Å². The summed E-state index contributed by atoms with van der Waals surface area (Å²) in [6.07, 6.45) is 0. The van der Waals surface area contributed by atoms with Gasteiger partial charge in [0.2, 0.25) is 11.8 Å². The van der Waals surface area contributed by atoms with Gasteiger partial charge in [-0.25, -0.2) is 4.98 Å². The summed E-state index contributed by atoms with van der Waals surface area (Å²) in [6.45, 7) is 1.73. The predicted octanol–water partition coefficient (Wildman–Crippen LogP) is 5.86. The van der Waals surface area contributed by atoms with Gasteiger partial charge in [0.1, 0.15) is 27.5 Å². The van der Waals surface area contributed by atoms with Gasteiger partial charge in [-0.2, -0.15) is 0 Å². The first-order chi connectivity index (χ1) is 14.4. The van der Waals surface area contributed by atoms with Crippen LogP contribution in [0.5, 0.6) is 23.1 Å². The Hall–Kier alpha value is -2.77. The lowest BCUT2D eigenvalue weighted by atomic mass is 10.1. The third-order valence-electron chi connectivity index (χ3n) is 4.32. The van der Waals surface area contributed by atoms with E-state index in [1.54, 1.807) is 67.7 Å². The fourth-order valence-electron chi connectivity index (χ4n) is 2.85. The van der Waals surface area contributed by atoms with Gasteiger partial charge >= 0.3 is 0 Å². The molecule has 1 amide bonds. The monoisotopic (exact) mass is 490 g/mol. The van der Waals surface area contributed by atoms with E-state index in [0.29, 0.717) is 32.6 Å². The number of hydrogen-bond acceptors (Lipinski definition) is 5. The zero-order valence-corrected chi connectivity index (χ0v) is 19.0. The van der Waals surface area contributed by atoms with Crippen LogP contribution in [0.15, 0.2) is 59.2 Å². The number of ether oxygens (including phenoxy) is 3. The topological polar surface area (TPSA) is 60.9 Å². The van der Waals surface area contributed by atoms with E-state index in [9.17, 15) is 4.79 Å². The molecule has 0 spiro atoms. The molecular formula is C22H20BrClN2O4. The Morgan fingerprint density at radius 1 is 1.03 bits per heavy atom. The first kappa shape index (κ1) is 21.9. The Balaban J connectivity index is 2.00. The number of carbonyl (C=O) groups excluding carboxylic acids is 1. The van der Waals surface area contributed by atoms with Crippen LogP contribution in [0.4, 0.5) is 5.69 Å². The maximum absolute atomic E-state index is 12.6. The normalized spacial score (nSPS) is 10.4. The molecule has 6 nitrogen and oxygen atoms in total. The highest BCUT2D eigenvalue weighted by Crippen LogP contribution is 2.35. The number of hydrogen-bond donors (Lipinski definition) is 0. The standard InChI is InChI=1S/C22H20BrClN2O4/c1-14(27)26(13-15-12-18(28-2)8-10-20(15)29-3)19-9-11-21(23)25-22(19)30-17-6-4-16(24)5-7-17/h4-12H,13H2,1-3H3. The van der Waals surface area contributed by atoms with Crippen LogP contribution in [0, 0.1) is 0 Å². The lowest BCUT2D eigenvalue weighted by molar-refractivity contribution is -0.116. The van der Waals surface area contributed by atoms with E-state index in [1.807, 2.05) is 6.07 Å². The average Bonchev–Trinajstić information content (AvgIpc) is 2.74. The first-order valence-electron chi connectivity index (χ1n) is 9.00. The summed E-state index contributed by atoms with van der Waals surface area (Å²) in [5.41, 5.74) is 1.30. The highest BCUT2D eigenvalue weighted by Gasteiger charge is 2.21. The zero-order valence-electron chi connectivity index (χ0n) is 16.7. The summed E-state index contributed by atoms with van der Waals surface area (Å²) >= 11 is 9.32. The van der Waals surface area contributed by atoms with E-state index in [-0.39, 0.29) is 18.3 Å². The molecule has 0 aliphatic carbocycles. The predicted molar refractivity (Wildman–Crippen MR) is 120 cm³/mol. The molecule has 30 heavy (non-hydrogen) atoms. The van der Waals surface area contributed by atoms with Crippen LogP contribution < -0.4 is 19.1 Å². The van der Waals surface area contributed by atoms with Crippen LogP contribution in [0.3, 0.4) is 0 Å². The number of aromatic nitrogens is 1. The van der Waals surface area contributed by atoms with Crippen molar-refractivity contribution in [1.29, 1.82) is 0 Å². The van der Waals surface area contributed by atoms with Crippen LogP contribution in [0.1, 0.15) is 12.5 Å². The summed E-state index contributed by atoms with van der Waals surface area (Å²) < 4.78 is 17.3. The molecule has 0 unspecified atom stereocenters. The Labute approximate surface area is 188 Å². The van der Waals surface area contributed by atoms with Gasteiger partial charge in [0, 0.05) is 17.5 Å². The molecule has 156 valence electrons. The number of pyridine rings is 1. The van der Waals surface area contributed by atoms with E-state index in [0.717, 1.165) is 5.56 Å². The molecule has 3 aromatic rings. The van der Waals surface area contributed by atoms with Crippen LogP contribution in [0.25, 0.3) is 0 Å². The van der Waals surface area contributed by atoms with Crippen LogP contribution in [0.2, 0.25) is 5.02 Å². The number of rotatable bonds is 7. The Kier molecular flexibility index (Phi) is 7.18. The Morgan fingerprint density at radius 3 is 2.37 bits per heavy atom. The molecule has 1 heterocycles. The molecule has 8 heteroatoms. The number of methoxy groups -OCH3 is 2. The number of benzene rings is 2. The van der Waals surface area contributed by atoms with Crippen molar-refractivity contribution in [1.82, 2.24) is 4.98 Å². The molecule has 2 aromatic carbocycles. The van der Waals surface area contributed by atoms with Crippen molar-refractivity contribution >= 4 is 39.1 Å². The lowest BCUT2D eigenvalue weighted by Gasteiger charge is -2.24. The second kappa shape index (κ2) is 9.82. The largest absolute Gasteiger partial charge is 0.497 e. The van der Waals surface area contributed by atoms with Gasteiger partial charge in [-0.1, -0.05) is 11.6 Å². The quantitative estimate of drug-likeness (QED) is 0.387. The summed E-state index contributed by atoms with van der Waals surface area (Å²) in [6, 6.07) is 15.9. The van der Waals surface area contributed by atoms with Crippen molar-refractivity contribution in [3.8, 4) is 23.1 Å². The van der Waals surface area contributed by atoms with Gasteiger partial charge < -0.3 is 19.1 Å². The summed E-state index contributed by atoms with van der Waals surface area (Å²) in [7, 11) is 3.17. The summed E-state index contributed by atoms with van der Waals surface area (Å²) in [4.78, 5) is 18.6. The number of amides is 1. The molecule has 0 aliphatic heterocycles. The number of halogens is 2. The van der Waals surface area contributed by atoms with Crippen LogP contribution >= 0.6 is 27.5 Å². The van der Waals surface area contributed by atoms with Crippen molar-refractivity contribution in [2.45, 2.75) is 13.5 Å². The SMILES string of the molecule is COc1ccc(OC)c(CN(C(C)=O)c2ccc(Br)nc2Oc2ccc(Cl)cc2)c1. The molecule has 0 fully saturated rings. The minimum Gasteiger partial charge on any atom is -0.497 e. The molecule has 1 aromatic heterocycles. The lowest BCUT2D eigenvalue weighted by Crippen LogP contribution is -2.28. The molecule has 0 bridgehead atoms. The van der Waals surface area contributed by atoms with Gasteiger partial charge in [-0.3, -0.25) is 4.79 Å². The van der Waals surface area contributed by atoms with Crippen molar-refractivity contribution in [2.24, 2.45) is 0 Å². The van der Waals surface area contributed by atoms with Gasteiger partial charge in [-0.15, -0.1) is 0 Å². The maximum Gasteiger partial charge on any atom is 0.244 e. The maximum atomic E-state index is 12.6. The van der Waals surface area contributed by atoms with Gasteiger partial charge in [0.15, 0.2) is 0 Å². The van der Waals surface area contributed by atoms with Crippen molar-refractivity contribution in [3.63, 3.8) is 0 Å². The summed E-state index contributed by atoms with van der Waals surface area (Å²) in [5.74, 6) is 1.97. The molecule has 3 rings (SSSR count). The third kappa shape index (κ3) is 5.23. The minimum absolute atomic E-state index is 0.176. The molecule has 0 aliphatic rings. The van der Waals surface area contributed by atoms with E-state index in [1.165, 1.54) is 6.92 Å². The molecule has 0 N–H and O–H groups in total. The summed E-state index contributed by atoms with van der Waals surface area (Å²) in [5, 5.41) is 0.597. The van der Waals surface area contributed by atoms with Gasteiger partial charge in [-0.05, 0) is 70.5 Å². The highest BCUT2D eigenvalue weighted by molar-refractivity contribution is 9.10. The number of carbonyl (C=O) groups is 1. The van der Waals surface area contributed by atoms with Crippen molar-refractivity contribution in [2.75, 3.05) is 19.1 Å². The second-order valence-electron chi connectivity index (χ2n) is 6.30. The van der Waals surface area contributed by atoms with Crippen LogP contribution in [-0.2, 0) is 11.3 Å². The molecular weight excluding hydrogens is 472 g/mol. The zero-order chi connectivity index (χ0) is 21.7.